The van der Waals surface area contributed by atoms with Crippen LogP contribution in [0.4, 0.5) is 24.7 Å². The maximum atomic E-state index is 13.0. The minimum absolute atomic E-state index is 0.00357. The standard InChI is InChI=1S/C25H18ClF3N4O/c26-20-7-4-12-30-23(20)17-8-10-19(21(13-17)31-14-16-5-2-1-3-6-16)24(34)33-22-11-9-18(15-32-22)25(27,28)29/h1-13,15,31H,14H2,(H,32,33,34). The van der Waals surface area contributed by atoms with Crippen molar-refractivity contribution >= 4 is 29.0 Å². The number of anilines is 2. The summed E-state index contributed by atoms with van der Waals surface area (Å²) in [7, 11) is 0. The van der Waals surface area contributed by atoms with Crippen LogP contribution in [0, 0.1) is 0 Å². The maximum absolute atomic E-state index is 13.0. The van der Waals surface area contributed by atoms with E-state index in [1.165, 1.54) is 0 Å². The van der Waals surface area contributed by atoms with E-state index in [0.717, 1.165) is 17.7 Å². The fourth-order valence-electron chi connectivity index (χ4n) is 3.25. The van der Waals surface area contributed by atoms with E-state index in [9.17, 15) is 18.0 Å². The largest absolute Gasteiger partial charge is 0.417 e. The Morgan fingerprint density at radius 1 is 0.941 bits per heavy atom. The van der Waals surface area contributed by atoms with Gasteiger partial charge in [-0.1, -0.05) is 48.0 Å². The molecule has 5 nitrogen and oxygen atoms in total. The van der Waals surface area contributed by atoms with Gasteiger partial charge in [-0.25, -0.2) is 4.98 Å². The van der Waals surface area contributed by atoms with Crippen molar-refractivity contribution in [2.45, 2.75) is 12.7 Å². The minimum atomic E-state index is -4.51. The number of carbonyl (C=O) groups excluding carboxylic acids is 1. The Kier molecular flexibility index (Phi) is 6.79. The lowest BCUT2D eigenvalue weighted by Crippen LogP contribution is -2.16. The first-order valence-electron chi connectivity index (χ1n) is 10.2. The zero-order valence-corrected chi connectivity index (χ0v) is 18.4. The number of alkyl halides is 3. The summed E-state index contributed by atoms with van der Waals surface area (Å²) >= 11 is 6.29. The van der Waals surface area contributed by atoms with Gasteiger partial charge in [0, 0.05) is 30.2 Å². The molecule has 0 bridgehead atoms. The number of halogens is 4. The van der Waals surface area contributed by atoms with Crippen molar-refractivity contribution in [2.75, 3.05) is 10.6 Å². The molecule has 0 aliphatic rings. The first kappa shape index (κ1) is 23.3. The van der Waals surface area contributed by atoms with Gasteiger partial charge in [-0.2, -0.15) is 13.2 Å². The number of nitrogens with one attached hydrogen (secondary N) is 2. The van der Waals surface area contributed by atoms with E-state index in [1.807, 2.05) is 30.3 Å². The second kappa shape index (κ2) is 9.93. The van der Waals surface area contributed by atoms with Crippen molar-refractivity contribution < 1.29 is 18.0 Å². The van der Waals surface area contributed by atoms with Gasteiger partial charge in [-0.3, -0.25) is 9.78 Å². The van der Waals surface area contributed by atoms with Crippen LogP contribution in [-0.4, -0.2) is 15.9 Å². The predicted molar refractivity (Wildman–Crippen MR) is 126 cm³/mol. The summed E-state index contributed by atoms with van der Waals surface area (Å²) in [5, 5.41) is 6.26. The topological polar surface area (TPSA) is 66.9 Å². The molecule has 0 saturated heterocycles. The molecule has 4 rings (SSSR count). The molecule has 0 fully saturated rings. The molecule has 2 heterocycles. The van der Waals surface area contributed by atoms with Gasteiger partial charge in [-0.15, -0.1) is 0 Å². The Hall–Kier alpha value is -3.91. The number of benzene rings is 2. The van der Waals surface area contributed by atoms with Gasteiger partial charge in [0.2, 0.25) is 0 Å². The molecule has 0 radical (unpaired) electrons. The van der Waals surface area contributed by atoms with Gasteiger partial charge in [-0.05, 0) is 42.0 Å². The first-order chi connectivity index (χ1) is 16.3. The fraction of sp³-hybridized carbons (Fsp3) is 0.0800. The summed E-state index contributed by atoms with van der Waals surface area (Å²) in [5.41, 5.74) is 2.15. The molecule has 0 aliphatic carbocycles. The normalized spacial score (nSPS) is 11.2. The number of nitrogens with zero attached hydrogens (tertiary/aromatic N) is 2. The van der Waals surface area contributed by atoms with E-state index in [0.29, 0.717) is 34.7 Å². The van der Waals surface area contributed by atoms with Crippen LogP contribution < -0.4 is 10.6 Å². The molecule has 0 spiro atoms. The highest BCUT2D eigenvalue weighted by molar-refractivity contribution is 6.33. The summed E-state index contributed by atoms with van der Waals surface area (Å²) in [6.45, 7) is 0.444. The number of carbonyl (C=O) groups is 1. The van der Waals surface area contributed by atoms with Crippen LogP contribution in [0.2, 0.25) is 5.02 Å². The van der Waals surface area contributed by atoms with Crippen LogP contribution in [0.5, 0.6) is 0 Å². The third-order valence-corrected chi connectivity index (χ3v) is 5.26. The van der Waals surface area contributed by atoms with Crippen LogP contribution in [0.25, 0.3) is 11.3 Å². The number of rotatable bonds is 6. The highest BCUT2D eigenvalue weighted by atomic mass is 35.5. The van der Waals surface area contributed by atoms with E-state index >= 15 is 0 Å². The molecule has 34 heavy (non-hydrogen) atoms. The lowest BCUT2D eigenvalue weighted by molar-refractivity contribution is -0.137. The summed E-state index contributed by atoms with van der Waals surface area (Å²) in [6, 6.07) is 20.1. The Bertz CT molecular complexity index is 1300. The van der Waals surface area contributed by atoms with E-state index in [1.54, 1.807) is 36.5 Å². The van der Waals surface area contributed by atoms with Crippen molar-refractivity contribution in [3.63, 3.8) is 0 Å². The monoisotopic (exact) mass is 482 g/mol. The third-order valence-electron chi connectivity index (χ3n) is 4.95. The van der Waals surface area contributed by atoms with E-state index in [4.69, 9.17) is 11.6 Å². The van der Waals surface area contributed by atoms with Crippen molar-refractivity contribution in [1.82, 2.24) is 9.97 Å². The summed E-state index contributed by atoms with van der Waals surface area (Å²) in [5.74, 6) is -0.523. The number of hydrogen-bond acceptors (Lipinski definition) is 4. The van der Waals surface area contributed by atoms with Crippen molar-refractivity contribution in [3.05, 3.63) is 107 Å². The van der Waals surface area contributed by atoms with Crippen LogP contribution in [0.15, 0.2) is 85.2 Å². The molecule has 0 unspecified atom stereocenters. The summed E-state index contributed by atoms with van der Waals surface area (Å²) in [4.78, 5) is 21.0. The molecule has 4 aromatic rings. The molecular weight excluding hydrogens is 465 g/mol. The molecule has 9 heteroatoms. The second-order valence-electron chi connectivity index (χ2n) is 7.32. The fourth-order valence-corrected chi connectivity index (χ4v) is 3.48. The number of aromatic nitrogens is 2. The SMILES string of the molecule is O=C(Nc1ccc(C(F)(F)F)cn1)c1ccc(-c2ncccc2Cl)cc1NCc1ccccc1. The number of hydrogen-bond donors (Lipinski definition) is 2. The molecule has 172 valence electrons. The van der Waals surface area contributed by atoms with Crippen molar-refractivity contribution in [3.8, 4) is 11.3 Å². The van der Waals surface area contributed by atoms with E-state index in [2.05, 4.69) is 20.6 Å². The lowest BCUT2D eigenvalue weighted by Gasteiger charge is -2.15. The van der Waals surface area contributed by atoms with Crippen LogP contribution in [0.1, 0.15) is 21.5 Å². The number of amides is 1. The maximum Gasteiger partial charge on any atom is 0.417 e. The minimum Gasteiger partial charge on any atom is -0.380 e. The Morgan fingerprint density at radius 3 is 2.41 bits per heavy atom. The first-order valence-corrected chi connectivity index (χ1v) is 10.6. The molecule has 2 aromatic heterocycles. The molecule has 2 aromatic carbocycles. The summed E-state index contributed by atoms with van der Waals surface area (Å²) < 4.78 is 38.3. The Balaban J connectivity index is 1.63. The van der Waals surface area contributed by atoms with Gasteiger partial charge in [0.1, 0.15) is 5.82 Å². The predicted octanol–water partition coefficient (Wildman–Crippen LogP) is 6.68. The highest BCUT2D eigenvalue weighted by Gasteiger charge is 2.30. The summed E-state index contributed by atoms with van der Waals surface area (Å²) in [6.07, 6.45) is -2.21. The quantitative estimate of drug-likeness (QED) is 0.321. The molecule has 0 saturated carbocycles. The average Bonchev–Trinajstić information content (AvgIpc) is 2.83. The zero-order chi connectivity index (χ0) is 24.1. The second-order valence-corrected chi connectivity index (χ2v) is 7.72. The molecule has 1 amide bonds. The van der Waals surface area contributed by atoms with Gasteiger partial charge in [0.15, 0.2) is 0 Å². The molecular formula is C25H18ClF3N4O. The van der Waals surface area contributed by atoms with Gasteiger partial charge in [0.05, 0.1) is 21.8 Å². The van der Waals surface area contributed by atoms with Crippen LogP contribution in [-0.2, 0) is 12.7 Å². The molecule has 0 aliphatic heterocycles. The number of pyridine rings is 2. The van der Waals surface area contributed by atoms with Gasteiger partial charge >= 0.3 is 6.18 Å². The zero-order valence-electron chi connectivity index (χ0n) is 17.6. The van der Waals surface area contributed by atoms with Gasteiger partial charge in [0.25, 0.3) is 5.91 Å². The average molecular weight is 483 g/mol. The highest BCUT2D eigenvalue weighted by Crippen LogP contribution is 2.31. The Labute approximate surface area is 198 Å². The third kappa shape index (κ3) is 5.52. The Morgan fingerprint density at radius 2 is 1.74 bits per heavy atom. The lowest BCUT2D eigenvalue weighted by atomic mass is 10.0. The van der Waals surface area contributed by atoms with Crippen LogP contribution in [0.3, 0.4) is 0 Å². The van der Waals surface area contributed by atoms with Gasteiger partial charge < -0.3 is 10.6 Å². The van der Waals surface area contributed by atoms with E-state index < -0.39 is 17.6 Å². The van der Waals surface area contributed by atoms with Crippen molar-refractivity contribution in [2.24, 2.45) is 0 Å². The smallest absolute Gasteiger partial charge is 0.380 e. The van der Waals surface area contributed by atoms with Crippen LogP contribution >= 0.6 is 11.6 Å². The molecule has 2 N–H and O–H groups in total. The molecule has 0 atom stereocenters. The van der Waals surface area contributed by atoms with Crippen molar-refractivity contribution in [1.29, 1.82) is 0 Å². The van der Waals surface area contributed by atoms with E-state index in [-0.39, 0.29) is 11.4 Å².